The van der Waals surface area contributed by atoms with Crippen LogP contribution < -0.4 is 10.6 Å². The maximum absolute atomic E-state index is 12.2. The van der Waals surface area contributed by atoms with Crippen LogP contribution in [0, 0.1) is 6.92 Å². The molecule has 2 aliphatic rings. The molecule has 3 rings (SSSR count). The van der Waals surface area contributed by atoms with Crippen LogP contribution in [0.5, 0.6) is 0 Å². The fourth-order valence-corrected chi connectivity index (χ4v) is 4.75. The van der Waals surface area contributed by atoms with Gasteiger partial charge in [0.1, 0.15) is 5.82 Å². The number of rotatable bonds is 4. The molecule has 1 aromatic heterocycles. The van der Waals surface area contributed by atoms with Crippen LogP contribution in [0.2, 0.25) is 0 Å². The van der Waals surface area contributed by atoms with Crippen LogP contribution in [-0.2, 0) is 11.8 Å². The van der Waals surface area contributed by atoms with Gasteiger partial charge in [0, 0.05) is 44.0 Å². The van der Waals surface area contributed by atoms with E-state index < -0.39 is 0 Å². The average Bonchev–Trinajstić information content (AvgIpc) is 3.14. The lowest BCUT2D eigenvalue weighted by Crippen LogP contribution is -2.59. The van der Waals surface area contributed by atoms with Crippen molar-refractivity contribution >= 4 is 23.6 Å². The summed E-state index contributed by atoms with van der Waals surface area (Å²) in [5.41, 5.74) is 0.952. The third-order valence-corrected chi connectivity index (χ3v) is 5.82. The van der Waals surface area contributed by atoms with Crippen molar-refractivity contribution in [1.29, 1.82) is 0 Å². The van der Waals surface area contributed by atoms with Crippen molar-refractivity contribution in [2.24, 2.45) is 7.05 Å². The average molecular weight is 339 g/mol. The number of carbonyl (C=O) groups excluding carboxylic acids is 1. The number of nitrogens with one attached hydrogen (secondary N) is 2. The van der Waals surface area contributed by atoms with E-state index in [1.54, 1.807) is 4.68 Å². The largest absolute Gasteiger partial charge is 0.379 e. The Bertz CT molecular complexity index is 550. The smallest absolute Gasteiger partial charge is 0.320 e. The van der Waals surface area contributed by atoms with E-state index in [9.17, 15) is 4.79 Å². The van der Waals surface area contributed by atoms with E-state index in [-0.39, 0.29) is 11.6 Å². The predicted molar refractivity (Wildman–Crippen MR) is 92.0 cm³/mol. The number of amides is 2. The van der Waals surface area contributed by atoms with Crippen LogP contribution in [-0.4, -0.2) is 70.6 Å². The maximum atomic E-state index is 12.2. The van der Waals surface area contributed by atoms with E-state index in [4.69, 9.17) is 4.74 Å². The molecule has 7 nitrogen and oxygen atoms in total. The van der Waals surface area contributed by atoms with Crippen molar-refractivity contribution in [3.8, 4) is 0 Å². The quantitative estimate of drug-likeness (QED) is 0.858. The molecule has 0 aromatic carbocycles. The molecule has 2 saturated heterocycles. The van der Waals surface area contributed by atoms with E-state index in [0.717, 1.165) is 49.9 Å². The molecule has 2 aliphatic heterocycles. The summed E-state index contributed by atoms with van der Waals surface area (Å²) in [5, 5.41) is 10.2. The fourth-order valence-electron chi connectivity index (χ4n) is 3.27. The zero-order valence-corrected chi connectivity index (χ0v) is 14.6. The number of nitrogens with zero attached hydrogens (tertiary/aromatic N) is 3. The Morgan fingerprint density at radius 3 is 2.87 bits per heavy atom. The molecule has 0 spiro atoms. The first-order chi connectivity index (χ1) is 11.1. The lowest BCUT2D eigenvalue weighted by molar-refractivity contribution is -0.0123. The van der Waals surface area contributed by atoms with Crippen LogP contribution in [0.1, 0.15) is 12.1 Å². The highest BCUT2D eigenvalue weighted by molar-refractivity contribution is 7.99. The third kappa shape index (κ3) is 3.81. The highest BCUT2D eigenvalue weighted by atomic mass is 32.2. The molecule has 0 saturated carbocycles. The van der Waals surface area contributed by atoms with Gasteiger partial charge in [-0.15, -0.1) is 0 Å². The number of hydrogen-bond acceptors (Lipinski definition) is 5. The van der Waals surface area contributed by atoms with E-state index in [2.05, 4.69) is 20.6 Å². The van der Waals surface area contributed by atoms with Crippen molar-refractivity contribution in [3.63, 3.8) is 0 Å². The summed E-state index contributed by atoms with van der Waals surface area (Å²) in [6.45, 7) is 6.05. The van der Waals surface area contributed by atoms with Crippen LogP contribution in [0.25, 0.3) is 0 Å². The predicted octanol–water partition coefficient (Wildman–Crippen LogP) is 1.06. The van der Waals surface area contributed by atoms with Gasteiger partial charge in [0.15, 0.2) is 0 Å². The van der Waals surface area contributed by atoms with Gasteiger partial charge in [-0.3, -0.25) is 14.9 Å². The highest BCUT2D eigenvalue weighted by Crippen LogP contribution is 2.33. The molecule has 23 heavy (non-hydrogen) atoms. The SMILES string of the molecule is Cc1cc(NC(=O)NC[C@]2(N3CCOCC3)CCSC2)n(C)n1. The molecule has 0 aliphatic carbocycles. The van der Waals surface area contributed by atoms with Gasteiger partial charge in [-0.05, 0) is 19.1 Å². The van der Waals surface area contributed by atoms with E-state index in [1.807, 2.05) is 31.8 Å². The Kier molecular flexibility index (Phi) is 5.13. The number of ether oxygens (including phenoxy) is 1. The van der Waals surface area contributed by atoms with Crippen LogP contribution in [0.15, 0.2) is 6.07 Å². The van der Waals surface area contributed by atoms with Gasteiger partial charge in [0.05, 0.1) is 18.9 Å². The summed E-state index contributed by atoms with van der Waals surface area (Å²) >= 11 is 1.97. The molecular formula is C15H25N5O2S. The van der Waals surface area contributed by atoms with Gasteiger partial charge >= 0.3 is 6.03 Å². The summed E-state index contributed by atoms with van der Waals surface area (Å²) in [7, 11) is 1.82. The first kappa shape index (κ1) is 16.6. The number of carbonyl (C=O) groups is 1. The van der Waals surface area contributed by atoms with Gasteiger partial charge in [0.25, 0.3) is 0 Å². The third-order valence-electron chi connectivity index (χ3n) is 4.59. The fraction of sp³-hybridized carbons (Fsp3) is 0.733. The Morgan fingerprint density at radius 1 is 1.48 bits per heavy atom. The van der Waals surface area contributed by atoms with Crippen LogP contribution >= 0.6 is 11.8 Å². The van der Waals surface area contributed by atoms with Crippen LogP contribution in [0.3, 0.4) is 0 Å². The van der Waals surface area contributed by atoms with Crippen molar-refractivity contribution < 1.29 is 9.53 Å². The first-order valence-corrected chi connectivity index (χ1v) is 9.21. The molecule has 0 bridgehead atoms. The lowest BCUT2D eigenvalue weighted by atomic mass is 9.95. The van der Waals surface area contributed by atoms with Crippen LogP contribution in [0.4, 0.5) is 10.6 Å². The lowest BCUT2D eigenvalue weighted by Gasteiger charge is -2.43. The summed E-state index contributed by atoms with van der Waals surface area (Å²) in [4.78, 5) is 14.7. The number of aromatic nitrogens is 2. The van der Waals surface area contributed by atoms with Gasteiger partial charge in [0.2, 0.25) is 0 Å². The Labute approximate surface area is 141 Å². The monoisotopic (exact) mass is 339 g/mol. The minimum absolute atomic E-state index is 0.0637. The Hall–Kier alpha value is -1.25. The second-order valence-corrected chi connectivity index (χ2v) is 7.33. The summed E-state index contributed by atoms with van der Waals surface area (Å²) in [6, 6.07) is 1.69. The molecule has 128 valence electrons. The summed E-state index contributed by atoms with van der Waals surface area (Å²) in [6.07, 6.45) is 1.11. The summed E-state index contributed by atoms with van der Waals surface area (Å²) in [5.74, 6) is 2.93. The molecule has 1 aromatic rings. The second kappa shape index (κ2) is 7.11. The minimum Gasteiger partial charge on any atom is -0.379 e. The number of morpholine rings is 1. The molecule has 2 amide bonds. The van der Waals surface area contributed by atoms with E-state index >= 15 is 0 Å². The zero-order valence-electron chi connectivity index (χ0n) is 13.8. The standard InChI is InChI=1S/C15H25N5O2S/c1-12-9-13(19(2)18-12)17-14(21)16-10-15(3-8-23-11-15)20-4-6-22-7-5-20/h9H,3-8,10-11H2,1-2H3,(H2,16,17,21)/t15-/m1/s1. The second-order valence-electron chi connectivity index (χ2n) is 6.23. The van der Waals surface area contributed by atoms with Crippen molar-refractivity contribution in [3.05, 3.63) is 11.8 Å². The van der Waals surface area contributed by atoms with Gasteiger partial charge in [-0.1, -0.05) is 0 Å². The van der Waals surface area contributed by atoms with Gasteiger partial charge in [-0.2, -0.15) is 16.9 Å². The molecular weight excluding hydrogens is 314 g/mol. The summed E-state index contributed by atoms with van der Waals surface area (Å²) < 4.78 is 7.15. The number of anilines is 1. The zero-order chi connectivity index (χ0) is 16.3. The minimum atomic E-state index is -0.169. The number of urea groups is 1. The molecule has 8 heteroatoms. The first-order valence-electron chi connectivity index (χ1n) is 8.05. The Morgan fingerprint density at radius 2 is 2.26 bits per heavy atom. The van der Waals surface area contributed by atoms with E-state index in [1.165, 1.54) is 0 Å². The molecule has 2 fully saturated rings. The molecule has 1 atom stereocenters. The number of hydrogen-bond donors (Lipinski definition) is 2. The maximum Gasteiger partial charge on any atom is 0.320 e. The Balaban J connectivity index is 1.58. The van der Waals surface area contributed by atoms with Gasteiger partial charge in [-0.25, -0.2) is 4.79 Å². The molecule has 0 unspecified atom stereocenters. The normalized spacial score (nSPS) is 25.5. The number of thioether (sulfide) groups is 1. The topological polar surface area (TPSA) is 71.4 Å². The molecule has 0 radical (unpaired) electrons. The van der Waals surface area contributed by atoms with Crippen molar-refractivity contribution in [2.45, 2.75) is 18.9 Å². The van der Waals surface area contributed by atoms with Crippen molar-refractivity contribution in [2.75, 3.05) is 49.7 Å². The highest BCUT2D eigenvalue weighted by Gasteiger charge is 2.40. The van der Waals surface area contributed by atoms with Gasteiger partial charge < -0.3 is 10.1 Å². The molecule has 2 N–H and O–H groups in total. The molecule has 3 heterocycles. The number of aryl methyl sites for hydroxylation is 2. The van der Waals surface area contributed by atoms with Crippen molar-refractivity contribution in [1.82, 2.24) is 20.0 Å². The van der Waals surface area contributed by atoms with E-state index in [0.29, 0.717) is 12.4 Å².